The molecule has 1 atom stereocenters. The number of hydrogen-bond donors (Lipinski definition) is 1. The van der Waals surface area contributed by atoms with E-state index in [1.807, 2.05) is 24.3 Å². The van der Waals surface area contributed by atoms with Crippen molar-refractivity contribution in [2.24, 2.45) is 5.73 Å². The minimum atomic E-state index is -0.165. The Bertz CT molecular complexity index is 495. The van der Waals surface area contributed by atoms with E-state index in [9.17, 15) is 0 Å². The highest BCUT2D eigenvalue weighted by Crippen LogP contribution is 2.16. The molecule has 4 nitrogen and oxygen atoms in total. The van der Waals surface area contributed by atoms with Crippen LogP contribution >= 0.6 is 11.6 Å². The zero-order chi connectivity index (χ0) is 13.0. The number of nitrogens with two attached hydrogens (primary N) is 1. The lowest BCUT2D eigenvalue weighted by Crippen LogP contribution is -2.10. The summed E-state index contributed by atoms with van der Waals surface area (Å²) in [6.07, 6.45) is 2.47. The molecule has 0 fully saturated rings. The highest BCUT2D eigenvalue weighted by atomic mass is 35.5. The molecule has 1 aromatic carbocycles. The lowest BCUT2D eigenvalue weighted by Gasteiger charge is -2.02. The quantitative estimate of drug-likeness (QED) is 0.902. The predicted molar refractivity (Wildman–Crippen MR) is 70.4 cm³/mol. The summed E-state index contributed by atoms with van der Waals surface area (Å²) in [6, 6.07) is 7.43. The summed E-state index contributed by atoms with van der Waals surface area (Å²) in [7, 11) is 0. The van der Waals surface area contributed by atoms with E-state index in [0.29, 0.717) is 18.1 Å². The Balaban J connectivity index is 2.04. The van der Waals surface area contributed by atoms with Gasteiger partial charge in [0.2, 0.25) is 5.89 Å². The fourth-order valence-electron chi connectivity index (χ4n) is 1.71. The van der Waals surface area contributed by atoms with Crippen LogP contribution in [0.5, 0.6) is 0 Å². The number of benzene rings is 1. The Morgan fingerprint density at radius 1 is 1.33 bits per heavy atom. The molecule has 0 unspecified atom stereocenters. The van der Waals surface area contributed by atoms with Gasteiger partial charge in [-0.15, -0.1) is 0 Å². The second kappa shape index (κ2) is 5.98. The van der Waals surface area contributed by atoms with E-state index in [4.69, 9.17) is 21.9 Å². The molecule has 2 N–H and O–H groups in total. The summed E-state index contributed by atoms with van der Waals surface area (Å²) >= 11 is 5.83. The Hall–Kier alpha value is -1.39. The van der Waals surface area contributed by atoms with Crippen LogP contribution in [0, 0.1) is 0 Å². The van der Waals surface area contributed by atoms with Gasteiger partial charge in [-0.25, -0.2) is 0 Å². The molecule has 0 saturated heterocycles. The molecule has 1 heterocycles. The Morgan fingerprint density at radius 2 is 2.06 bits per heavy atom. The lowest BCUT2D eigenvalue weighted by molar-refractivity contribution is 0.345. The molecular weight excluding hydrogens is 250 g/mol. The van der Waals surface area contributed by atoms with Crippen LogP contribution in [0.15, 0.2) is 28.8 Å². The second-order valence-corrected chi connectivity index (χ2v) is 4.68. The van der Waals surface area contributed by atoms with Crippen molar-refractivity contribution in [2.45, 2.75) is 32.2 Å². The van der Waals surface area contributed by atoms with Crippen LogP contribution in [0.2, 0.25) is 5.02 Å². The van der Waals surface area contributed by atoms with Crippen LogP contribution < -0.4 is 5.73 Å². The van der Waals surface area contributed by atoms with Crippen molar-refractivity contribution in [1.29, 1.82) is 0 Å². The van der Waals surface area contributed by atoms with Crippen molar-refractivity contribution in [3.8, 4) is 0 Å². The summed E-state index contributed by atoms with van der Waals surface area (Å²) in [4.78, 5) is 4.31. The molecule has 0 radical (unpaired) electrons. The van der Waals surface area contributed by atoms with Crippen molar-refractivity contribution in [3.63, 3.8) is 0 Å². The highest BCUT2D eigenvalue weighted by molar-refractivity contribution is 6.30. The molecule has 0 spiro atoms. The maximum atomic E-state index is 5.92. The fraction of sp³-hybridized carbons (Fsp3) is 0.385. The van der Waals surface area contributed by atoms with E-state index in [1.54, 1.807) is 0 Å². The van der Waals surface area contributed by atoms with Gasteiger partial charge < -0.3 is 10.3 Å². The molecule has 2 rings (SSSR count). The Morgan fingerprint density at radius 3 is 2.72 bits per heavy atom. The number of hydrogen-bond acceptors (Lipinski definition) is 4. The van der Waals surface area contributed by atoms with Crippen molar-refractivity contribution in [3.05, 3.63) is 46.6 Å². The van der Waals surface area contributed by atoms with Gasteiger partial charge in [-0.1, -0.05) is 42.2 Å². The first kappa shape index (κ1) is 13.1. The predicted octanol–water partition coefficient (Wildman–Crippen LogP) is 3.11. The van der Waals surface area contributed by atoms with E-state index in [0.717, 1.165) is 23.4 Å². The number of halogens is 1. The number of nitrogens with zero attached hydrogens (tertiary/aromatic N) is 2. The molecule has 0 bridgehead atoms. The van der Waals surface area contributed by atoms with Crippen molar-refractivity contribution >= 4 is 11.6 Å². The lowest BCUT2D eigenvalue weighted by atomic mass is 10.1. The summed E-state index contributed by atoms with van der Waals surface area (Å²) in [5, 5.41) is 4.66. The number of aromatic nitrogens is 2. The second-order valence-electron chi connectivity index (χ2n) is 4.25. The minimum absolute atomic E-state index is 0.165. The highest BCUT2D eigenvalue weighted by Gasteiger charge is 2.13. The molecule has 0 aliphatic rings. The molecule has 0 aliphatic heterocycles. The first-order chi connectivity index (χ1) is 8.69. The van der Waals surface area contributed by atoms with Crippen molar-refractivity contribution < 1.29 is 4.52 Å². The third-order valence-electron chi connectivity index (χ3n) is 2.68. The van der Waals surface area contributed by atoms with Crippen LogP contribution in [-0.2, 0) is 6.42 Å². The monoisotopic (exact) mass is 265 g/mol. The van der Waals surface area contributed by atoms with Crippen LogP contribution in [0.4, 0.5) is 0 Å². The van der Waals surface area contributed by atoms with Crippen LogP contribution in [0.25, 0.3) is 0 Å². The number of rotatable bonds is 5. The fourth-order valence-corrected chi connectivity index (χ4v) is 1.84. The van der Waals surface area contributed by atoms with E-state index >= 15 is 0 Å². The van der Waals surface area contributed by atoms with Gasteiger partial charge in [-0.05, 0) is 24.1 Å². The largest absolute Gasteiger partial charge is 0.338 e. The SMILES string of the molecule is CCC[C@@H](N)c1nc(Cc2ccc(Cl)cc2)no1. The van der Waals surface area contributed by atoms with Crippen LogP contribution in [0.3, 0.4) is 0 Å². The minimum Gasteiger partial charge on any atom is -0.338 e. The summed E-state index contributed by atoms with van der Waals surface area (Å²) in [5.41, 5.74) is 7.01. The van der Waals surface area contributed by atoms with Gasteiger partial charge in [-0.2, -0.15) is 4.98 Å². The van der Waals surface area contributed by atoms with E-state index < -0.39 is 0 Å². The van der Waals surface area contributed by atoms with E-state index in [2.05, 4.69) is 17.1 Å². The third-order valence-corrected chi connectivity index (χ3v) is 2.93. The van der Waals surface area contributed by atoms with Crippen LogP contribution in [-0.4, -0.2) is 10.1 Å². The molecule has 2 aromatic rings. The van der Waals surface area contributed by atoms with Gasteiger partial charge in [0, 0.05) is 11.4 Å². The normalized spacial score (nSPS) is 12.6. The molecular formula is C13H16ClN3O. The van der Waals surface area contributed by atoms with Gasteiger partial charge in [0.25, 0.3) is 0 Å². The van der Waals surface area contributed by atoms with Gasteiger partial charge in [0.1, 0.15) is 0 Å². The molecule has 96 valence electrons. The first-order valence-electron chi connectivity index (χ1n) is 6.01. The summed E-state index contributed by atoms with van der Waals surface area (Å²) in [5.74, 6) is 1.17. The molecule has 18 heavy (non-hydrogen) atoms. The summed E-state index contributed by atoms with van der Waals surface area (Å²) < 4.78 is 5.16. The maximum Gasteiger partial charge on any atom is 0.243 e. The Kier molecular flexibility index (Phi) is 4.33. The van der Waals surface area contributed by atoms with E-state index in [-0.39, 0.29) is 6.04 Å². The van der Waals surface area contributed by atoms with Crippen molar-refractivity contribution in [1.82, 2.24) is 10.1 Å². The molecule has 5 heteroatoms. The van der Waals surface area contributed by atoms with Gasteiger partial charge in [0.05, 0.1) is 6.04 Å². The van der Waals surface area contributed by atoms with Crippen molar-refractivity contribution in [2.75, 3.05) is 0 Å². The zero-order valence-corrected chi connectivity index (χ0v) is 11.0. The zero-order valence-electron chi connectivity index (χ0n) is 10.3. The van der Waals surface area contributed by atoms with Gasteiger partial charge in [0.15, 0.2) is 5.82 Å². The maximum absolute atomic E-state index is 5.92. The molecule has 1 aromatic heterocycles. The van der Waals surface area contributed by atoms with Crippen LogP contribution in [0.1, 0.15) is 43.1 Å². The summed E-state index contributed by atoms with van der Waals surface area (Å²) in [6.45, 7) is 2.07. The standard InChI is InChI=1S/C13H16ClN3O/c1-2-3-11(15)13-16-12(17-18-13)8-9-4-6-10(14)7-5-9/h4-7,11H,2-3,8,15H2,1H3/t11-/m1/s1. The van der Waals surface area contributed by atoms with E-state index in [1.165, 1.54) is 0 Å². The first-order valence-corrected chi connectivity index (χ1v) is 6.39. The topological polar surface area (TPSA) is 64.9 Å². The molecule has 0 saturated carbocycles. The average Bonchev–Trinajstić information content (AvgIpc) is 2.81. The Labute approximate surface area is 111 Å². The third kappa shape index (κ3) is 3.31. The molecule has 0 amide bonds. The molecule has 0 aliphatic carbocycles. The van der Waals surface area contributed by atoms with Gasteiger partial charge in [-0.3, -0.25) is 0 Å². The smallest absolute Gasteiger partial charge is 0.243 e. The average molecular weight is 266 g/mol. The van der Waals surface area contributed by atoms with Gasteiger partial charge >= 0.3 is 0 Å².